The molecular formula is C14H13FN6S. The van der Waals surface area contributed by atoms with Gasteiger partial charge in [0, 0.05) is 12.0 Å². The van der Waals surface area contributed by atoms with E-state index in [9.17, 15) is 4.39 Å². The van der Waals surface area contributed by atoms with Gasteiger partial charge in [-0.05, 0) is 48.2 Å². The van der Waals surface area contributed by atoms with Gasteiger partial charge in [0.05, 0.1) is 5.69 Å². The van der Waals surface area contributed by atoms with Gasteiger partial charge in [-0.1, -0.05) is 6.92 Å². The van der Waals surface area contributed by atoms with Gasteiger partial charge >= 0.3 is 0 Å². The average Bonchev–Trinajstić information content (AvgIpc) is 2.89. The molecule has 0 aliphatic carbocycles. The molecule has 3 rings (SSSR count). The first-order chi connectivity index (χ1) is 10.7. The van der Waals surface area contributed by atoms with Gasteiger partial charge in [0.2, 0.25) is 5.16 Å². The number of halogens is 1. The predicted octanol–water partition coefficient (Wildman–Crippen LogP) is 2.30. The minimum absolute atomic E-state index is 0.280. The number of aryl methyl sites for hydroxylation is 1. The largest absolute Gasteiger partial charge is 0.336 e. The number of rotatable bonds is 4. The van der Waals surface area contributed by atoms with Gasteiger partial charge in [0.25, 0.3) is 0 Å². The number of benzene rings is 1. The standard InChI is InChI=1S/C14H13FN6S/c1-2-12-18-20-14(21(12)16)22-13-8-7-11(17-19-13)9-3-5-10(15)6-4-9/h3-8H,2,16H2,1H3. The van der Waals surface area contributed by atoms with Crippen molar-refractivity contribution in [1.29, 1.82) is 0 Å². The molecule has 22 heavy (non-hydrogen) atoms. The van der Waals surface area contributed by atoms with Gasteiger partial charge in [0.1, 0.15) is 10.8 Å². The fraction of sp³-hybridized carbons (Fsp3) is 0.143. The van der Waals surface area contributed by atoms with Crippen molar-refractivity contribution in [2.24, 2.45) is 0 Å². The Labute approximate surface area is 130 Å². The molecule has 2 heterocycles. The Morgan fingerprint density at radius 3 is 2.41 bits per heavy atom. The number of hydrogen-bond acceptors (Lipinski definition) is 6. The van der Waals surface area contributed by atoms with Crippen molar-refractivity contribution in [3.63, 3.8) is 0 Å². The fourth-order valence-electron chi connectivity index (χ4n) is 1.86. The molecule has 112 valence electrons. The molecule has 3 aromatic rings. The van der Waals surface area contributed by atoms with Crippen molar-refractivity contribution in [3.05, 3.63) is 48.0 Å². The fourth-order valence-corrected chi connectivity index (χ4v) is 2.55. The van der Waals surface area contributed by atoms with Crippen LogP contribution in [0.15, 0.2) is 46.6 Å². The lowest BCUT2D eigenvalue weighted by Gasteiger charge is -2.03. The Kier molecular flexibility index (Phi) is 4.01. The van der Waals surface area contributed by atoms with E-state index in [-0.39, 0.29) is 5.82 Å². The Hall–Kier alpha value is -2.48. The lowest BCUT2D eigenvalue weighted by atomic mass is 10.1. The van der Waals surface area contributed by atoms with Gasteiger partial charge in [-0.15, -0.1) is 20.4 Å². The third kappa shape index (κ3) is 2.91. The van der Waals surface area contributed by atoms with E-state index in [0.29, 0.717) is 28.1 Å². The van der Waals surface area contributed by atoms with E-state index < -0.39 is 0 Å². The maximum absolute atomic E-state index is 12.9. The highest BCUT2D eigenvalue weighted by Gasteiger charge is 2.11. The van der Waals surface area contributed by atoms with E-state index in [1.54, 1.807) is 12.1 Å². The minimum atomic E-state index is -0.280. The predicted molar refractivity (Wildman–Crippen MR) is 81.1 cm³/mol. The highest BCUT2D eigenvalue weighted by atomic mass is 32.2. The van der Waals surface area contributed by atoms with Crippen LogP contribution in [0.25, 0.3) is 11.3 Å². The van der Waals surface area contributed by atoms with Gasteiger partial charge in [-0.25, -0.2) is 9.07 Å². The molecule has 1 aromatic carbocycles. The van der Waals surface area contributed by atoms with Crippen molar-refractivity contribution in [3.8, 4) is 11.3 Å². The van der Waals surface area contributed by atoms with Crippen molar-refractivity contribution < 1.29 is 4.39 Å². The highest BCUT2D eigenvalue weighted by Crippen LogP contribution is 2.25. The highest BCUT2D eigenvalue weighted by molar-refractivity contribution is 7.99. The molecule has 0 radical (unpaired) electrons. The zero-order valence-electron chi connectivity index (χ0n) is 11.8. The van der Waals surface area contributed by atoms with E-state index >= 15 is 0 Å². The van der Waals surface area contributed by atoms with Crippen LogP contribution in [0, 0.1) is 5.82 Å². The first-order valence-corrected chi connectivity index (χ1v) is 7.46. The first-order valence-electron chi connectivity index (χ1n) is 6.64. The van der Waals surface area contributed by atoms with Gasteiger partial charge in [0.15, 0.2) is 5.82 Å². The van der Waals surface area contributed by atoms with Gasteiger partial charge in [-0.2, -0.15) is 0 Å². The number of hydrogen-bond donors (Lipinski definition) is 1. The van der Waals surface area contributed by atoms with E-state index in [1.807, 2.05) is 19.1 Å². The van der Waals surface area contributed by atoms with Crippen molar-refractivity contribution >= 4 is 11.8 Å². The van der Waals surface area contributed by atoms with E-state index in [2.05, 4.69) is 20.4 Å². The van der Waals surface area contributed by atoms with Crippen molar-refractivity contribution in [1.82, 2.24) is 25.1 Å². The van der Waals surface area contributed by atoms with Crippen LogP contribution in [0.2, 0.25) is 0 Å². The molecule has 0 aliphatic rings. The molecule has 0 spiro atoms. The number of nitrogens with zero attached hydrogens (tertiary/aromatic N) is 5. The quantitative estimate of drug-likeness (QED) is 0.744. The van der Waals surface area contributed by atoms with Crippen LogP contribution in [0.1, 0.15) is 12.7 Å². The molecule has 2 aromatic heterocycles. The monoisotopic (exact) mass is 316 g/mol. The molecule has 0 unspecified atom stereocenters. The minimum Gasteiger partial charge on any atom is -0.336 e. The molecular weight excluding hydrogens is 303 g/mol. The third-order valence-corrected chi connectivity index (χ3v) is 3.92. The van der Waals surface area contributed by atoms with Crippen LogP contribution in [-0.4, -0.2) is 25.1 Å². The Morgan fingerprint density at radius 2 is 1.82 bits per heavy atom. The second kappa shape index (κ2) is 6.10. The molecule has 0 bridgehead atoms. The summed E-state index contributed by atoms with van der Waals surface area (Å²) in [7, 11) is 0. The smallest absolute Gasteiger partial charge is 0.216 e. The second-order valence-corrected chi connectivity index (χ2v) is 5.48. The molecule has 0 aliphatic heterocycles. The summed E-state index contributed by atoms with van der Waals surface area (Å²) in [6.45, 7) is 1.96. The van der Waals surface area contributed by atoms with Crippen LogP contribution >= 0.6 is 11.8 Å². The first kappa shape index (κ1) is 14.5. The van der Waals surface area contributed by atoms with Crippen LogP contribution in [0.4, 0.5) is 4.39 Å². The lowest BCUT2D eigenvalue weighted by molar-refractivity contribution is 0.628. The molecule has 0 atom stereocenters. The number of nitrogens with two attached hydrogens (primary N) is 1. The second-order valence-electron chi connectivity index (χ2n) is 4.49. The summed E-state index contributed by atoms with van der Waals surface area (Å²) in [5.74, 6) is 6.31. The molecule has 0 amide bonds. The Balaban J connectivity index is 1.79. The SMILES string of the molecule is CCc1nnc(Sc2ccc(-c3ccc(F)cc3)nn2)n1N. The van der Waals surface area contributed by atoms with Crippen LogP contribution in [0.3, 0.4) is 0 Å². The van der Waals surface area contributed by atoms with Gasteiger partial charge in [-0.3, -0.25) is 0 Å². The average molecular weight is 316 g/mol. The van der Waals surface area contributed by atoms with E-state index in [0.717, 1.165) is 5.56 Å². The zero-order valence-corrected chi connectivity index (χ0v) is 12.6. The molecule has 0 saturated heterocycles. The third-order valence-electron chi connectivity index (χ3n) is 3.03. The molecule has 0 fully saturated rings. The Bertz CT molecular complexity index is 769. The maximum atomic E-state index is 12.9. The molecule has 8 heteroatoms. The maximum Gasteiger partial charge on any atom is 0.216 e. The van der Waals surface area contributed by atoms with Crippen LogP contribution in [0.5, 0.6) is 0 Å². The van der Waals surface area contributed by atoms with Crippen molar-refractivity contribution in [2.45, 2.75) is 23.5 Å². The molecule has 6 nitrogen and oxygen atoms in total. The van der Waals surface area contributed by atoms with E-state index in [1.165, 1.54) is 28.6 Å². The summed E-state index contributed by atoms with van der Waals surface area (Å²) < 4.78 is 14.4. The summed E-state index contributed by atoms with van der Waals surface area (Å²) >= 11 is 1.29. The number of aromatic nitrogens is 5. The number of nitrogen functional groups attached to an aromatic ring is 1. The van der Waals surface area contributed by atoms with Crippen LogP contribution < -0.4 is 5.84 Å². The molecule has 0 saturated carbocycles. The zero-order chi connectivity index (χ0) is 15.5. The summed E-state index contributed by atoms with van der Waals surface area (Å²) in [4.78, 5) is 0. The van der Waals surface area contributed by atoms with Crippen LogP contribution in [-0.2, 0) is 6.42 Å². The summed E-state index contributed by atoms with van der Waals surface area (Å²) in [6.07, 6.45) is 0.708. The lowest BCUT2D eigenvalue weighted by Crippen LogP contribution is -2.13. The summed E-state index contributed by atoms with van der Waals surface area (Å²) in [6, 6.07) is 9.75. The summed E-state index contributed by atoms with van der Waals surface area (Å²) in [5, 5.41) is 17.5. The topological polar surface area (TPSA) is 82.5 Å². The summed E-state index contributed by atoms with van der Waals surface area (Å²) in [5.41, 5.74) is 1.48. The Morgan fingerprint density at radius 1 is 1.05 bits per heavy atom. The van der Waals surface area contributed by atoms with Gasteiger partial charge < -0.3 is 5.84 Å². The normalized spacial score (nSPS) is 10.8. The molecule has 2 N–H and O–H groups in total. The van der Waals surface area contributed by atoms with E-state index in [4.69, 9.17) is 5.84 Å². The van der Waals surface area contributed by atoms with Crippen molar-refractivity contribution in [2.75, 3.05) is 5.84 Å².